The fraction of sp³-hybridized carbons (Fsp3) is 0.286. The largest absolute Gasteiger partial charge is 0.384 e. The number of hydrogen-bond donors (Lipinski definition) is 1. The molecule has 1 aromatic carbocycles. The van der Waals surface area contributed by atoms with Gasteiger partial charge in [0.25, 0.3) is 5.91 Å². The molecule has 0 aliphatic carbocycles. The molecule has 1 amide bonds. The van der Waals surface area contributed by atoms with Crippen LogP contribution in [0.15, 0.2) is 47.6 Å². The van der Waals surface area contributed by atoms with Crippen molar-refractivity contribution in [1.29, 1.82) is 0 Å². The van der Waals surface area contributed by atoms with Gasteiger partial charge in [0.15, 0.2) is 12.4 Å². The number of hydrogen-bond acceptors (Lipinski definition) is 5. The Kier molecular flexibility index (Phi) is 7.12. The summed E-state index contributed by atoms with van der Waals surface area (Å²) in [6.07, 6.45) is 0. The van der Waals surface area contributed by atoms with Gasteiger partial charge in [-0.1, -0.05) is 35.0 Å². The topological polar surface area (TPSA) is 85.7 Å². The summed E-state index contributed by atoms with van der Waals surface area (Å²) in [7, 11) is 1.70. The maximum atomic E-state index is 12.2. The maximum Gasteiger partial charge on any atom is 0.263 e. The molecule has 2 aromatic heterocycles. The molecule has 0 aliphatic heterocycles. The van der Waals surface area contributed by atoms with Crippen LogP contribution in [0.2, 0.25) is 4.34 Å². The van der Waals surface area contributed by atoms with Crippen LogP contribution >= 0.6 is 22.9 Å². The quantitative estimate of drug-likeness (QED) is 0.326. The number of aromatic nitrogens is 2. The molecule has 2 heterocycles. The molecule has 0 radical (unpaired) electrons. The van der Waals surface area contributed by atoms with Gasteiger partial charge in [0.1, 0.15) is 0 Å². The Morgan fingerprint density at radius 1 is 1.30 bits per heavy atom. The van der Waals surface area contributed by atoms with Gasteiger partial charge in [0.2, 0.25) is 0 Å². The zero-order chi connectivity index (χ0) is 21.7. The van der Waals surface area contributed by atoms with Gasteiger partial charge in [0.05, 0.1) is 23.1 Å². The average Bonchev–Trinajstić information content (AvgIpc) is 3.25. The summed E-state index contributed by atoms with van der Waals surface area (Å²) in [5, 5.41) is 8.38. The van der Waals surface area contributed by atoms with Crippen molar-refractivity contribution in [2.24, 2.45) is 10.9 Å². The van der Waals surface area contributed by atoms with E-state index in [9.17, 15) is 4.79 Å². The van der Waals surface area contributed by atoms with Crippen LogP contribution in [0.5, 0.6) is 0 Å². The van der Waals surface area contributed by atoms with Crippen molar-refractivity contribution >= 4 is 34.7 Å². The second-order valence-electron chi connectivity index (χ2n) is 6.99. The number of amidine groups is 1. The summed E-state index contributed by atoms with van der Waals surface area (Å²) >= 11 is 7.36. The van der Waals surface area contributed by atoms with E-state index in [2.05, 4.69) is 10.3 Å². The van der Waals surface area contributed by atoms with Crippen molar-refractivity contribution in [2.45, 2.75) is 26.9 Å². The van der Waals surface area contributed by atoms with Crippen molar-refractivity contribution in [3.05, 3.63) is 74.2 Å². The van der Waals surface area contributed by atoms with Gasteiger partial charge in [-0.3, -0.25) is 9.48 Å². The molecule has 30 heavy (non-hydrogen) atoms. The molecule has 0 fully saturated rings. The van der Waals surface area contributed by atoms with E-state index in [1.165, 1.54) is 11.3 Å². The Bertz CT molecular complexity index is 1060. The number of rotatable bonds is 8. The summed E-state index contributed by atoms with van der Waals surface area (Å²) in [5.74, 6) is 0.0139. The van der Waals surface area contributed by atoms with Crippen molar-refractivity contribution in [3.63, 3.8) is 0 Å². The molecule has 9 heteroatoms. The highest BCUT2D eigenvalue weighted by Crippen LogP contribution is 2.22. The van der Waals surface area contributed by atoms with Gasteiger partial charge in [-0.05, 0) is 43.7 Å². The first-order valence-corrected chi connectivity index (χ1v) is 10.5. The van der Waals surface area contributed by atoms with Crippen LogP contribution in [0.25, 0.3) is 0 Å². The minimum Gasteiger partial charge on any atom is -0.384 e. The van der Waals surface area contributed by atoms with Gasteiger partial charge in [-0.2, -0.15) is 5.10 Å². The van der Waals surface area contributed by atoms with Gasteiger partial charge in [-0.15, -0.1) is 11.3 Å². The van der Waals surface area contributed by atoms with Crippen molar-refractivity contribution in [3.8, 4) is 0 Å². The number of carbonyl (C=O) groups excluding carboxylic acids is 1. The molecule has 0 atom stereocenters. The Balaban J connectivity index is 1.56. The van der Waals surface area contributed by atoms with E-state index >= 15 is 0 Å². The lowest BCUT2D eigenvalue weighted by atomic mass is 10.1. The van der Waals surface area contributed by atoms with Crippen LogP contribution in [0.4, 0.5) is 0 Å². The van der Waals surface area contributed by atoms with Gasteiger partial charge >= 0.3 is 0 Å². The van der Waals surface area contributed by atoms with Crippen LogP contribution in [-0.2, 0) is 22.7 Å². The van der Waals surface area contributed by atoms with E-state index in [1.807, 2.05) is 61.0 Å². The number of carbonyl (C=O) groups is 1. The number of oxime groups is 1. The Labute approximate surface area is 184 Å². The summed E-state index contributed by atoms with van der Waals surface area (Å²) < 4.78 is 2.63. The zero-order valence-electron chi connectivity index (χ0n) is 17.1. The number of thiophene rings is 1. The molecular weight excluding hydrogens is 422 g/mol. The summed E-state index contributed by atoms with van der Waals surface area (Å²) in [5.41, 5.74) is 9.89. The number of amides is 1. The molecule has 0 unspecified atom stereocenters. The Hall–Kier alpha value is -2.84. The smallest absolute Gasteiger partial charge is 0.263 e. The van der Waals surface area contributed by atoms with E-state index in [-0.39, 0.29) is 18.3 Å². The lowest BCUT2D eigenvalue weighted by Gasteiger charge is -2.15. The van der Waals surface area contributed by atoms with E-state index in [0.29, 0.717) is 17.4 Å². The number of nitrogens with zero attached hydrogens (tertiary/aromatic N) is 4. The molecule has 3 aromatic rings. The van der Waals surface area contributed by atoms with Gasteiger partial charge in [-0.25, -0.2) is 0 Å². The molecular formula is C21H24ClN5O2S. The highest BCUT2D eigenvalue weighted by Gasteiger charge is 2.12. The van der Waals surface area contributed by atoms with E-state index in [0.717, 1.165) is 27.4 Å². The van der Waals surface area contributed by atoms with E-state index in [4.69, 9.17) is 22.2 Å². The first-order valence-electron chi connectivity index (χ1n) is 9.36. The normalized spacial score (nSPS) is 11.5. The maximum absolute atomic E-state index is 12.2. The number of halogens is 1. The van der Waals surface area contributed by atoms with E-state index < -0.39 is 0 Å². The highest BCUT2D eigenvalue weighted by atomic mass is 35.5. The first kappa shape index (κ1) is 21.9. The third-order valence-corrected chi connectivity index (χ3v) is 5.67. The molecule has 7 nitrogen and oxygen atoms in total. The second-order valence-corrected chi connectivity index (χ2v) is 8.79. The highest BCUT2D eigenvalue weighted by molar-refractivity contribution is 7.16. The predicted octanol–water partition coefficient (Wildman–Crippen LogP) is 3.56. The summed E-state index contributed by atoms with van der Waals surface area (Å²) in [4.78, 5) is 20.0. The lowest BCUT2D eigenvalue weighted by Crippen LogP contribution is -2.29. The van der Waals surface area contributed by atoms with Crippen molar-refractivity contribution in [2.75, 3.05) is 13.7 Å². The number of likely N-dealkylation sites (N-methyl/N-ethyl adjacent to an activating group) is 1. The predicted molar refractivity (Wildman–Crippen MR) is 120 cm³/mol. The minimum atomic E-state index is -0.200. The molecule has 0 bridgehead atoms. The molecule has 0 aliphatic rings. The van der Waals surface area contributed by atoms with Crippen molar-refractivity contribution in [1.82, 2.24) is 14.7 Å². The van der Waals surface area contributed by atoms with Gasteiger partial charge in [0, 0.05) is 23.2 Å². The van der Waals surface area contributed by atoms with Crippen LogP contribution in [0, 0.1) is 13.8 Å². The van der Waals surface area contributed by atoms with Crippen LogP contribution < -0.4 is 5.73 Å². The Morgan fingerprint density at radius 2 is 2.10 bits per heavy atom. The molecule has 0 saturated heterocycles. The third kappa shape index (κ3) is 5.84. The fourth-order valence-electron chi connectivity index (χ4n) is 2.92. The molecule has 0 spiro atoms. The van der Waals surface area contributed by atoms with E-state index in [1.54, 1.807) is 11.9 Å². The Morgan fingerprint density at radius 3 is 2.77 bits per heavy atom. The monoisotopic (exact) mass is 445 g/mol. The minimum absolute atomic E-state index is 0.193. The summed E-state index contributed by atoms with van der Waals surface area (Å²) in [6.45, 7) is 4.90. The summed E-state index contributed by atoms with van der Waals surface area (Å²) in [6, 6.07) is 13.4. The van der Waals surface area contributed by atoms with Crippen LogP contribution in [0.3, 0.4) is 0 Å². The number of benzene rings is 1. The zero-order valence-corrected chi connectivity index (χ0v) is 18.7. The van der Waals surface area contributed by atoms with Crippen LogP contribution in [-0.4, -0.2) is 40.1 Å². The number of nitrogens with two attached hydrogens (primary N) is 1. The third-order valence-electron chi connectivity index (χ3n) is 4.46. The SMILES string of the molecule is Cc1cc(C)n(Cc2cccc(C(N)=NOCC(=O)N(C)Cc3ccc(Cl)s3)c2)n1. The molecule has 158 valence electrons. The molecule has 2 N–H and O–H groups in total. The second kappa shape index (κ2) is 9.77. The number of aryl methyl sites for hydroxylation is 2. The van der Waals surface area contributed by atoms with Gasteiger partial charge < -0.3 is 15.5 Å². The standard InChI is InChI=1S/C21H24ClN5O2S/c1-14-9-15(2)27(24-14)11-16-5-4-6-17(10-16)21(23)25-29-13-20(28)26(3)12-18-7-8-19(22)30-18/h4-10H,11-13H2,1-3H3,(H2,23,25). The lowest BCUT2D eigenvalue weighted by molar-refractivity contribution is -0.135. The molecule has 3 rings (SSSR count). The van der Waals surface area contributed by atoms with Crippen molar-refractivity contribution < 1.29 is 9.63 Å². The first-order chi connectivity index (χ1) is 14.3. The average molecular weight is 446 g/mol. The molecule has 0 saturated carbocycles. The van der Waals surface area contributed by atoms with Crippen LogP contribution in [0.1, 0.15) is 27.4 Å². The fourth-order valence-corrected chi connectivity index (χ4v) is 4.06.